The van der Waals surface area contributed by atoms with E-state index in [0.717, 1.165) is 49.8 Å². The molecule has 4 rings (SSSR count). The predicted octanol–water partition coefficient (Wildman–Crippen LogP) is 3.85. The normalized spacial score (nSPS) is 22.8. The molecule has 0 aliphatic carbocycles. The van der Waals surface area contributed by atoms with E-state index in [-0.39, 0.29) is 5.91 Å². The Kier molecular flexibility index (Phi) is 7.25. The Morgan fingerprint density at radius 3 is 2.73 bits per heavy atom. The molecule has 2 aliphatic rings. The maximum atomic E-state index is 13.1. The van der Waals surface area contributed by atoms with Gasteiger partial charge in [0.05, 0.1) is 19.6 Å². The van der Waals surface area contributed by atoms with Crippen LogP contribution in [0.4, 0.5) is 0 Å². The summed E-state index contributed by atoms with van der Waals surface area (Å²) in [6.07, 6.45) is 5.52. The monoisotopic (exact) mass is 449 g/mol. The van der Waals surface area contributed by atoms with Gasteiger partial charge in [0.2, 0.25) is 5.91 Å². The Morgan fingerprint density at radius 2 is 2.00 bits per heavy atom. The van der Waals surface area contributed by atoms with E-state index in [9.17, 15) is 4.79 Å². The van der Waals surface area contributed by atoms with Crippen molar-refractivity contribution in [2.45, 2.75) is 37.8 Å². The highest BCUT2D eigenvalue weighted by molar-refractivity contribution is 7.09. The number of carbonyl (C=O) groups excluding carboxylic acids is 1. The minimum absolute atomic E-state index is 0.158. The Labute approximate surface area is 186 Å². The SMILES string of the molecule is O=C(C[C@]1(COc2ccc(Cl)cc2)CN(Cc2nccs2)CCO1)N1CCCCC1. The molecule has 1 atom stereocenters. The lowest BCUT2D eigenvalue weighted by atomic mass is 9.96. The number of likely N-dealkylation sites (tertiary alicyclic amines) is 1. The molecule has 1 aromatic heterocycles. The summed E-state index contributed by atoms with van der Waals surface area (Å²) in [5.74, 6) is 0.885. The third kappa shape index (κ3) is 5.72. The number of piperidine rings is 1. The van der Waals surface area contributed by atoms with E-state index in [2.05, 4.69) is 9.88 Å². The zero-order valence-corrected chi connectivity index (χ0v) is 18.7. The molecule has 30 heavy (non-hydrogen) atoms. The minimum atomic E-state index is -0.677. The quantitative estimate of drug-likeness (QED) is 0.642. The number of amides is 1. The summed E-state index contributed by atoms with van der Waals surface area (Å²) in [7, 11) is 0. The van der Waals surface area contributed by atoms with Gasteiger partial charge in [-0.2, -0.15) is 0 Å². The molecule has 0 bridgehead atoms. The van der Waals surface area contributed by atoms with Gasteiger partial charge in [0, 0.05) is 42.8 Å². The molecule has 0 N–H and O–H groups in total. The van der Waals surface area contributed by atoms with Crippen molar-refractivity contribution < 1.29 is 14.3 Å². The lowest BCUT2D eigenvalue weighted by Gasteiger charge is -2.43. The first kappa shape index (κ1) is 21.6. The zero-order chi connectivity index (χ0) is 20.8. The van der Waals surface area contributed by atoms with Crippen LogP contribution in [-0.2, 0) is 16.1 Å². The maximum Gasteiger partial charge on any atom is 0.225 e. The van der Waals surface area contributed by atoms with Crippen LogP contribution in [0.3, 0.4) is 0 Å². The summed E-state index contributed by atoms with van der Waals surface area (Å²) in [5.41, 5.74) is -0.677. The largest absolute Gasteiger partial charge is 0.491 e. The fourth-order valence-corrected chi connectivity index (χ4v) is 4.89. The molecule has 0 spiro atoms. The Bertz CT molecular complexity index is 812. The molecule has 0 radical (unpaired) electrons. The average molecular weight is 450 g/mol. The summed E-state index contributed by atoms with van der Waals surface area (Å²) < 4.78 is 12.3. The highest BCUT2D eigenvalue weighted by Gasteiger charge is 2.41. The molecule has 1 amide bonds. The third-order valence-electron chi connectivity index (χ3n) is 5.67. The summed E-state index contributed by atoms with van der Waals surface area (Å²) in [6.45, 7) is 4.80. The van der Waals surface area contributed by atoms with E-state index in [0.29, 0.717) is 31.2 Å². The topological polar surface area (TPSA) is 54.9 Å². The number of rotatable bonds is 7. The van der Waals surface area contributed by atoms with Gasteiger partial charge in [-0.05, 0) is 43.5 Å². The number of hydrogen-bond acceptors (Lipinski definition) is 6. The van der Waals surface area contributed by atoms with Gasteiger partial charge in [0.15, 0.2) is 0 Å². The van der Waals surface area contributed by atoms with Crippen LogP contribution in [0.5, 0.6) is 5.75 Å². The molecule has 2 aromatic rings. The van der Waals surface area contributed by atoms with Crippen LogP contribution in [0.15, 0.2) is 35.8 Å². The molecule has 2 aliphatic heterocycles. The van der Waals surface area contributed by atoms with Gasteiger partial charge in [-0.1, -0.05) is 11.6 Å². The van der Waals surface area contributed by atoms with E-state index in [1.165, 1.54) is 6.42 Å². The number of carbonyl (C=O) groups is 1. The highest BCUT2D eigenvalue weighted by Crippen LogP contribution is 2.27. The summed E-state index contributed by atoms with van der Waals surface area (Å²) in [6, 6.07) is 7.30. The second-order valence-corrected chi connectivity index (χ2v) is 9.44. The van der Waals surface area contributed by atoms with Crippen molar-refractivity contribution >= 4 is 28.8 Å². The van der Waals surface area contributed by atoms with Gasteiger partial charge in [-0.3, -0.25) is 9.69 Å². The van der Waals surface area contributed by atoms with E-state index in [1.54, 1.807) is 23.5 Å². The Hall–Kier alpha value is -1.67. The lowest BCUT2D eigenvalue weighted by molar-refractivity contribution is -0.157. The fourth-order valence-electron chi connectivity index (χ4n) is 4.10. The number of nitrogens with zero attached hydrogens (tertiary/aromatic N) is 3. The van der Waals surface area contributed by atoms with Gasteiger partial charge in [0.1, 0.15) is 23.0 Å². The van der Waals surface area contributed by atoms with E-state index in [1.807, 2.05) is 28.6 Å². The van der Waals surface area contributed by atoms with Crippen molar-refractivity contribution in [1.29, 1.82) is 0 Å². The summed E-state index contributed by atoms with van der Waals surface area (Å²) in [4.78, 5) is 21.8. The number of benzene rings is 1. The van der Waals surface area contributed by atoms with Crippen LogP contribution in [0.1, 0.15) is 30.7 Å². The number of hydrogen-bond donors (Lipinski definition) is 0. The van der Waals surface area contributed by atoms with Gasteiger partial charge in [0.25, 0.3) is 0 Å². The number of aromatic nitrogens is 1. The number of thiazole rings is 1. The van der Waals surface area contributed by atoms with Gasteiger partial charge < -0.3 is 14.4 Å². The molecular formula is C22H28ClN3O3S. The molecule has 3 heterocycles. The van der Waals surface area contributed by atoms with Gasteiger partial charge in [-0.25, -0.2) is 4.98 Å². The van der Waals surface area contributed by atoms with Crippen molar-refractivity contribution in [3.8, 4) is 5.75 Å². The maximum absolute atomic E-state index is 13.1. The van der Waals surface area contributed by atoms with Crippen molar-refractivity contribution in [2.75, 3.05) is 39.4 Å². The molecule has 6 nitrogen and oxygen atoms in total. The summed E-state index contributed by atoms with van der Waals surface area (Å²) >= 11 is 7.64. The van der Waals surface area contributed by atoms with Crippen molar-refractivity contribution in [3.63, 3.8) is 0 Å². The van der Waals surface area contributed by atoms with Crippen molar-refractivity contribution in [2.24, 2.45) is 0 Å². The Morgan fingerprint density at radius 1 is 1.20 bits per heavy atom. The van der Waals surface area contributed by atoms with E-state index < -0.39 is 5.60 Å². The summed E-state index contributed by atoms with van der Waals surface area (Å²) in [5, 5.41) is 3.74. The minimum Gasteiger partial charge on any atom is -0.491 e. The predicted molar refractivity (Wildman–Crippen MR) is 118 cm³/mol. The number of ether oxygens (including phenoxy) is 2. The standard InChI is InChI=1S/C22H28ClN3O3S/c23-18-4-6-19(7-5-18)28-17-22(14-21(27)26-9-2-1-3-10-26)16-25(11-12-29-22)15-20-24-8-13-30-20/h4-8,13H,1-3,9-12,14-17H2/t22-/m1/s1. The molecule has 8 heteroatoms. The molecule has 0 saturated carbocycles. The second kappa shape index (κ2) is 10.1. The van der Waals surface area contributed by atoms with Crippen molar-refractivity contribution in [3.05, 3.63) is 45.9 Å². The second-order valence-electron chi connectivity index (χ2n) is 8.03. The van der Waals surface area contributed by atoms with Crippen LogP contribution in [0.25, 0.3) is 0 Å². The average Bonchev–Trinajstić information content (AvgIpc) is 3.27. The van der Waals surface area contributed by atoms with Crippen LogP contribution in [-0.4, -0.2) is 65.7 Å². The molecule has 2 fully saturated rings. The molecular weight excluding hydrogens is 422 g/mol. The fraction of sp³-hybridized carbons (Fsp3) is 0.545. The zero-order valence-electron chi connectivity index (χ0n) is 17.1. The van der Waals surface area contributed by atoms with Crippen LogP contribution < -0.4 is 4.74 Å². The van der Waals surface area contributed by atoms with Gasteiger partial charge >= 0.3 is 0 Å². The molecule has 162 valence electrons. The first-order valence-electron chi connectivity index (χ1n) is 10.5. The van der Waals surface area contributed by atoms with E-state index >= 15 is 0 Å². The van der Waals surface area contributed by atoms with Crippen LogP contribution in [0, 0.1) is 0 Å². The van der Waals surface area contributed by atoms with Crippen LogP contribution in [0.2, 0.25) is 5.02 Å². The molecule has 0 unspecified atom stereocenters. The lowest BCUT2D eigenvalue weighted by Crippen LogP contribution is -2.57. The third-order valence-corrected chi connectivity index (χ3v) is 6.68. The smallest absolute Gasteiger partial charge is 0.225 e. The van der Waals surface area contributed by atoms with E-state index in [4.69, 9.17) is 21.1 Å². The number of morpholine rings is 1. The van der Waals surface area contributed by atoms with Crippen LogP contribution >= 0.6 is 22.9 Å². The molecule has 1 aromatic carbocycles. The van der Waals surface area contributed by atoms with Crippen molar-refractivity contribution in [1.82, 2.24) is 14.8 Å². The molecule has 2 saturated heterocycles. The van der Waals surface area contributed by atoms with Gasteiger partial charge in [-0.15, -0.1) is 11.3 Å². The highest BCUT2D eigenvalue weighted by atomic mass is 35.5. The Balaban J connectivity index is 1.47. The first-order valence-corrected chi connectivity index (χ1v) is 11.8. The first-order chi connectivity index (χ1) is 14.6. The number of halogens is 1.